The van der Waals surface area contributed by atoms with Gasteiger partial charge in [-0.1, -0.05) is 12.1 Å². The third kappa shape index (κ3) is 4.34. The SMILES string of the molecule is COc1cc(N2CC(C)NC(C)C2)ccc1Nc1ncc2c(n1)-c1ccc(C)cc1NC(=O)N2. The van der Waals surface area contributed by atoms with Crippen molar-refractivity contribution in [1.29, 1.82) is 0 Å². The number of nitrogens with one attached hydrogen (secondary N) is 4. The number of piperazine rings is 1. The van der Waals surface area contributed by atoms with Gasteiger partial charge in [0, 0.05) is 42.5 Å². The molecule has 0 bridgehead atoms. The third-order valence-electron chi connectivity index (χ3n) is 6.07. The summed E-state index contributed by atoms with van der Waals surface area (Å²) in [6.45, 7) is 8.25. The van der Waals surface area contributed by atoms with Gasteiger partial charge in [-0.25, -0.2) is 14.8 Å². The highest BCUT2D eigenvalue weighted by Crippen LogP contribution is 2.37. The van der Waals surface area contributed by atoms with Crippen LogP contribution in [0.3, 0.4) is 0 Å². The van der Waals surface area contributed by atoms with E-state index in [4.69, 9.17) is 9.72 Å². The molecule has 34 heavy (non-hydrogen) atoms. The molecule has 2 aromatic carbocycles. The number of amides is 2. The molecule has 9 heteroatoms. The lowest BCUT2D eigenvalue weighted by atomic mass is 10.1. The van der Waals surface area contributed by atoms with Gasteiger partial charge in [0.2, 0.25) is 5.95 Å². The molecule has 2 aliphatic heterocycles. The summed E-state index contributed by atoms with van der Waals surface area (Å²) in [7, 11) is 1.66. The van der Waals surface area contributed by atoms with Crippen molar-refractivity contribution in [2.45, 2.75) is 32.9 Å². The van der Waals surface area contributed by atoms with Gasteiger partial charge in [-0.2, -0.15) is 0 Å². The fraction of sp³-hybridized carbons (Fsp3) is 0.320. The van der Waals surface area contributed by atoms with Crippen molar-refractivity contribution >= 4 is 34.7 Å². The number of nitrogens with zero attached hydrogens (tertiary/aromatic N) is 3. The molecule has 0 radical (unpaired) electrons. The molecule has 0 saturated carbocycles. The van der Waals surface area contributed by atoms with Gasteiger partial charge in [0.25, 0.3) is 0 Å². The van der Waals surface area contributed by atoms with Gasteiger partial charge in [0.1, 0.15) is 11.4 Å². The second-order valence-electron chi connectivity index (χ2n) is 8.97. The van der Waals surface area contributed by atoms with Crippen LogP contribution in [-0.4, -0.2) is 48.3 Å². The molecule has 3 aromatic rings. The molecule has 1 saturated heterocycles. The number of hydrogen-bond donors (Lipinski definition) is 4. The fourth-order valence-electron chi connectivity index (χ4n) is 4.62. The normalized spacial score (nSPS) is 19.3. The highest BCUT2D eigenvalue weighted by atomic mass is 16.5. The molecule has 1 aromatic heterocycles. The van der Waals surface area contributed by atoms with E-state index in [9.17, 15) is 4.79 Å². The van der Waals surface area contributed by atoms with Crippen LogP contribution in [0.25, 0.3) is 11.3 Å². The Kier molecular flexibility index (Phi) is 5.70. The predicted molar refractivity (Wildman–Crippen MR) is 135 cm³/mol. The first kappa shape index (κ1) is 22.0. The summed E-state index contributed by atoms with van der Waals surface area (Å²) in [4.78, 5) is 23.8. The minimum Gasteiger partial charge on any atom is -0.494 e. The van der Waals surface area contributed by atoms with Crippen molar-refractivity contribution in [1.82, 2.24) is 15.3 Å². The number of rotatable bonds is 4. The van der Waals surface area contributed by atoms with Gasteiger partial charge < -0.3 is 30.9 Å². The topological polar surface area (TPSA) is 103 Å². The Hall–Kier alpha value is -3.85. The number of fused-ring (bicyclic) bond motifs is 3. The van der Waals surface area contributed by atoms with E-state index in [1.165, 1.54) is 0 Å². The smallest absolute Gasteiger partial charge is 0.323 e. The van der Waals surface area contributed by atoms with Gasteiger partial charge in [-0.05, 0) is 44.5 Å². The van der Waals surface area contributed by atoms with Crippen LogP contribution in [0.5, 0.6) is 5.75 Å². The van der Waals surface area contributed by atoms with Crippen LogP contribution in [-0.2, 0) is 0 Å². The summed E-state index contributed by atoms with van der Waals surface area (Å²) in [5.41, 5.74) is 5.66. The van der Waals surface area contributed by atoms with Crippen LogP contribution in [0.2, 0.25) is 0 Å². The Morgan fingerprint density at radius 1 is 1.06 bits per heavy atom. The van der Waals surface area contributed by atoms with Crippen LogP contribution in [0.4, 0.5) is 33.5 Å². The summed E-state index contributed by atoms with van der Waals surface area (Å²) in [6.07, 6.45) is 1.61. The standard InChI is InChI=1S/C25H29N7O2/c1-14-5-7-18-20(9-14)29-25(33)30-21-11-26-24(31-23(18)21)28-19-8-6-17(10-22(19)34-4)32-12-15(2)27-16(3)13-32/h5-11,15-16,27H,12-13H2,1-4H3,(H,26,28,31)(H2,29,30,33). The highest BCUT2D eigenvalue weighted by molar-refractivity contribution is 6.07. The van der Waals surface area contributed by atoms with Crippen molar-refractivity contribution in [3.8, 4) is 17.0 Å². The van der Waals surface area contributed by atoms with Gasteiger partial charge in [0.15, 0.2) is 0 Å². The molecule has 5 rings (SSSR count). The molecule has 176 valence electrons. The molecule has 3 heterocycles. The maximum atomic E-state index is 12.3. The monoisotopic (exact) mass is 459 g/mol. The van der Waals surface area contributed by atoms with E-state index >= 15 is 0 Å². The zero-order valence-corrected chi connectivity index (χ0v) is 19.8. The molecule has 2 aliphatic rings. The molecule has 2 amide bonds. The van der Waals surface area contributed by atoms with Crippen LogP contribution < -0.4 is 30.9 Å². The summed E-state index contributed by atoms with van der Waals surface area (Å²) < 4.78 is 5.69. The number of carbonyl (C=O) groups excluding carboxylic acids is 1. The van der Waals surface area contributed by atoms with E-state index in [0.29, 0.717) is 40.9 Å². The van der Waals surface area contributed by atoms with Crippen molar-refractivity contribution < 1.29 is 9.53 Å². The van der Waals surface area contributed by atoms with Gasteiger partial charge in [-0.3, -0.25) is 0 Å². The minimum absolute atomic E-state index is 0.316. The summed E-state index contributed by atoms with van der Waals surface area (Å²) in [5.74, 6) is 1.12. The molecule has 9 nitrogen and oxygen atoms in total. The summed E-state index contributed by atoms with van der Waals surface area (Å²) in [6, 6.07) is 12.5. The van der Waals surface area contributed by atoms with Crippen molar-refractivity contribution in [3.63, 3.8) is 0 Å². The van der Waals surface area contributed by atoms with E-state index in [2.05, 4.69) is 51.1 Å². The lowest BCUT2D eigenvalue weighted by Gasteiger charge is -2.37. The Bertz CT molecular complexity index is 1240. The highest BCUT2D eigenvalue weighted by Gasteiger charge is 2.23. The largest absolute Gasteiger partial charge is 0.494 e. The second kappa shape index (κ2) is 8.83. The van der Waals surface area contributed by atoms with Crippen molar-refractivity contribution in [2.75, 3.05) is 41.0 Å². The summed E-state index contributed by atoms with van der Waals surface area (Å²) in [5, 5.41) is 12.5. The lowest BCUT2D eigenvalue weighted by Crippen LogP contribution is -2.54. The molecule has 4 N–H and O–H groups in total. The number of methoxy groups -OCH3 is 1. The number of ether oxygens (including phenoxy) is 1. The van der Waals surface area contributed by atoms with E-state index < -0.39 is 0 Å². The maximum Gasteiger partial charge on any atom is 0.323 e. The average molecular weight is 460 g/mol. The number of benzene rings is 2. The third-order valence-corrected chi connectivity index (χ3v) is 6.07. The predicted octanol–water partition coefficient (Wildman–Crippen LogP) is 4.35. The first-order chi connectivity index (χ1) is 16.4. The van der Waals surface area contributed by atoms with Crippen molar-refractivity contribution in [3.05, 3.63) is 48.2 Å². The van der Waals surface area contributed by atoms with Crippen LogP contribution >= 0.6 is 0 Å². The van der Waals surface area contributed by atoms with E-state index in [0.717, 1.165) is 35.6 Å². The number of aryl methyl sites for hydroxylation is 1. The molecule has 0 spiro atoms. The van der Waals surface area contributed by atoms with Crippen LogP contribution in [0.1, 0.15) is 19.4 Å². The quantitative estimate of drug-likeness (QED) is 0.460. The lowest BCUT2D eigenvalue weighted by molar-refractivity contribution is 0.262. The Morgan fingerprint density at radius 3 is 2.59 bits per heavy atom. The number of aromatic nitrogens is 2. The molecule has 2 unspecified atom stereocenters. The number of anilines is 5. The summed E-state index contributed by atoms with van der Waals surface area (Å²) >= 11 is 0. The van der Waals surface area contributed by atoms with Gasteiger partial charge >= 0.3 is 6.03 Å². The zero-order valence-electron chi connectivity index (χ0n) is 19.8. The number of carbonyl (C=O) groups is 1. The van der Waals surface area contributed by atoms with Crippen LogP contribution in [0.15, 0.2) is 42.6 Å². The first-order valence-corrected chi connectivity index (χ1v) is 11.4. The Labute approximate surface area is 198 Å². The maximum absolute atomic E-state index is 12.3. The Balaban J connectivity index is 1.45. The van der Waals surface area contributed by atoms with Crippen LogP contribution in [0, 0.1) is 6.92 Å². The van der Waals surface area contributed by atoms with E-state index in [-0.39, 0.29) is 6.03 Å². The molecule has 0 aliphatic carbocycles. The minimum atomic E-state index is -0.316. The molecular weight excluding hydrogens is 430 g/mol. The Morgan fingerprint density at radius 2 is 1.82 bits per heavy atom. The van der Waals surface area contributed by atoms with Crippen molar-refractivity contribution in [2.24, 2.45) is 0 Å². The molecular formula is C25H29N7O2. The second-order valence-corrected chi connectivity index (χ2v) is 8.97. The fourth-order valence-corrected chi connectivity index (χ4v) is 4.62. The number of hydrogen-bond acceptors (Lipinski definition) is 7. The first-order valence-electron chi connectivity index (χ1n) is 11.4. The zero-order chi connectivity index (χ0) is 23.8. The van der Waals surface area contributed by atoms with E-state index in [1.807, 2.05) is 37.3 Å². The molecule has 1 fully saturated rings. The number of urea groups is 1. The average Bonchev–Trinajstić information content (AvgIpc) is 2.93. The van der Waals surface area contributed by atoms with Gasteiger partial charge in [-0.15, -0.1) is 0 Å². The van der Waals surface area contributed by atoms with Gasteiger partial charge in [0.05, 0.1) is 30.4 Å². The van der Waals surface area contributed by atoms with E-state index in [1.54, 1.807) is 13.3 Å². The molecule has 2 atom stereocenters.